The van der Waals surface area contributed by atoms with Crippen molar-refractivity contribution in [1.29, 1.82) is 0 Å². The number of nitrogens with zero attached hydrogens (tertiary/aromatic N) is 2. The third-order valence-electron chi connectivity index (χ3n) is 4.28. The van der Waals surface area contributed by atoms with Gasteiger partial charge in [-0.25, -0.2) is 0 Å². The monoisotopic (exact) mass is 423 g/mol. The summed E-state index contributed by atoms with van der Waals surface area (Å²) in [5.74, 6) is -0.771. The topological polar surface area (TPSA) is 92.6 Å². The molecule has 0 radical (unpaired) electrons. The molecule has 0 aliphatic rings. The van der Waals surface area contributed by atoms with Crippen LogP contribution in [-0.4, -0.2) is 34.7 Å². The lowest BCUT2D eigenvalue weighted by atomic mass is 10.1. The van der Waals surface area contributed by atoms with Crippen LogP contribution >= 0.6 is 23.2 Å². The second-order valence-corrected chi connectivity index (χ2v) is 6.94. The number of para-hydroxylation sites is 1. The van der Waals surface area contributed by atoms with Gasteiger partial charge in [0, 0.05) is 25.2 Å². The summed E-state index contributed by atoms with van der Waals surface area (Å²) < 4.78 is 0. The average molecular weight is 424 g/mol. The van der Waals surface area contributed by atoms with E-state index in [4.69, 9.17) is 23.2 Å². The molecule has 1 atom stereocenters. The Morgan fingerprint density at radius 2 is 1.86 bits per heavy atom. The standard InChI is InChI=1S/C19H19Cl2N3O4/c1-12(19(26)22-2)23(11-13-7-8-15(20)16(21)9-13)18(25)10-14-5-3-4-6-17(14)24(27)28/h3-9,12H,10-11H2,1-2H3,(H,22,26)/t12-/m1/s1. The van der Waals surface area contributed by atoms with Crippen LogP contribution in [0.15, 0.2) is 42.5 Å². The van der Waals surface area contributed by atoms with Gasteiger partial charge in [0.2, 0.25) is 11.8 Å². The molecule has 9 heteroatoms. The lowest BCUT2D eigenvalue weighted by Gasteiger charge is -2.28. The van der Waals surface area contributed by atoms with Gasteiger partial charge in [0.1, 0.15) is 6.04 Å². The van der Waals surface area contributed by atoms with Crippen molar-refractivity contribution in [3.8, 4) is 0 Å². The first-order valence-corrected chi connectivity index (χ1v) is 9.17. The molecule has 2 rings (SSSR count). The van der Waals surface area contributed by atoms with Gasteiger partial charge in [-0.15, -0.1) is 0 Å². The number of hydrogen-bond donors (Lipinski definition) is 1. The molecule has 0 aromatic heterocycles. The SMILES string of the molecule is CNC(=O)[C@@H](C)N(Cc1ccc(Cl)c(Cl)c1)C(=O)Cc1ccccc1[N+](=O)[O-]. The van der Waals surface area contributed by atoms with Gasteiger partial charge in [-0.1, -0.05) is 47.5 Å². The summed E-state index contributed by atoms with van der Waals surface area (Å²) in [6, 6.07) is 10.2. The third-order valence-corrected chi connectivity index (χ3v) is 5.02. The van der Waals surface area contributed by atoms with Crippen LogP contribution in [0.3, 0.4) is 0 Å². The summed E-state index contributed by atoms with van der Waals surface area (Å²) in [7, 11) is 1.47. The van der Waals surface area contributed by atoms with Crippen molar-refractivity contribution >= 4 is 40.7 Å². The highest BCUT2D eigenvalue weighted by atomic mass is 35.5. The molecule has 0 saturated carbocycles. The molecule has 2 aromatic carbocycles. The van der Waals surface area contributed by atoms with Crippen molar-refractivity contribution in [3.63, 3.8) is 0 Å². The molecule has 7 nitrogen and oxygen atoms in total. The van der Waals surface area contributed by atoms with Crippen molar-refractivity contribution in [3.05, 3.63) is 73.8 Å². The largest absolute Gasteiger partial charge is 0.357 e. The summed E-state index contributed by atoms with van der Waals surface area (Å²) >= 11 is 12.0. The van der Waals surface area contributed by atoms with E-state index in [1.165, 1.54) is 30.1 Å². The molecule has 0 unspecified atom stereocenters. The number of nitro benzene ring substituents is 1. The zero-order valence-corrected chi connectivity index (χ0v) is 16.8. The summed E-state index contributed by atoms with van der Waals surface area (Å²) in [6.07, 6.45) is -0.209. The molecule has 0 bridgehead atoms. The first-order valence-electron chi connectivity index (χ1n) is 8.42. The van der Waals surface area contributed by atoms with E-state index in [2.05, 4.69) is 5.32 Å². The quantitative estimate of drug-likeness (QED) is 0.543. The van der Waals surface area contributed by atoms with Gasteiger partial charge in [-0.2, -0.15) is 0 Å². The minimum atomic E-state index is -0.783. The van der Waals surface area contributed by atoms with E-state index < -0.39 is 16.9 Å². The molecule has 2 amide bonds. The number of likely N-dealkylation sites (N-methyl/N-ethyl adjacent to an activating group) is 1. The van der Waals surface area contributed by atoms with Crippen LogP contribution in [0.25, 0.3) is 0 Å². The molecule has 0 fully saturated rings. The molecule has 28 heavy (non-hydrogen) atoms. The van der Waals surface area contributed by atoms with Crippen LogP contribution < -0.4 is 5.32 Å². The van der Waals surface area contributed by atoms with Crippen LogP contribution in [0.4, 0.5) is 5.69 Å². The number of nitrogens with one attached hydrogen (secondary N) is 1. The molecular formula is C19H19Cl2N3O4. The average Bonchev–Trinajstić information content (AvgIpc) is 2.67. The van der Waals surface area contributed by atoms with E-state index in [-0.39, 0.29) is 30.1 Å². The highest BCUT2D eigenvalue weighted by molar-refractivity contribution is 6.42. The van der Waals surface area contributed by atoms with Crippen molar-refractivity contribution in [2.24, 2.45) is 0 Å². The summed E-state index contributed by atoms with van der Waals surface area (Å²) in [5.41, 5.74) is 0.819. The predicted octanol–water partition coefficient (Wildman–Crippen LogP) is 3.61. The first kappa shape index (κ1) is 21.7. The molecule has 2 aromatic rings. The van der Waals surface area contributed by atoms with E-state index in [1.807, 2.05) is 0 Å². The predicted molar refractivity (Wildman–Crippen MR) is 107 cm³/mol. The van der Waals surface area contributed by atoms with E-state index >= 15 is 0 Å². The number of rotatable bonds is 7. The number of benzene rings is 2. The van der Waals surface area contributed by atoms with E-state index in [0.717, 1.165) is 0 Å². The molecular weight excluding hydrogens is 405 g/mol. The zero-order valence-electron chi connectivity index (χ0n) is 15.3. The highest BCUT2D eigenvalue weighted by Gasteiger charge is 2.27. The molecule has 0 saturated heterocycles. The van der Waals surface area contributed by atoms with Crippen LogP contribution in [-0.2, 0) is 22.6 Å². The van der Waals surface area contributed by atoms with Gasteiger partial charge >= 0.3 is 0 Å². The van der Waals surface area contributed by atoms with Crippen molar-refractivity contribution in [2.45, 2.75) is 25.9 Å². The number of hydrogen-bond acceptors (Lipinski definition) is 4. The first-order chi connectivity index (χ1) is 13.2. The van der Waals surface area contributed by atoms with Crippen LogP contribution in [0, 0.1) is 10.1 Å². The van der Waals surface area contributed by atoms with Crippen LogP contribution in [0.2, 0.25) is 10.0 Å². The zero-order chi connectivity index (χ0) is 20.8. The fraction of sp³-hybridized carbons (Fsp3) is 0.263. The second-order valence-electron chi connectivity index (χ2n) is 6.12. The molecule has 0 spiro atoms. The smallest absolute Gasteiger partial charge is 0.273 e. The lowest BCUT2D eigenvalue weighted by molar-refractivity contribution is -0.385. The third kappa shape index (κ3) is 5.21. The van der Waals surface area contributed by atoms with Gasteiger partial charge in [0.25, 0.3) is 5.69 Å². The lowest BCUT2D eigenvalue weighted by Crippen LogP contribution is -2.47. The summed E-state index contributed by atoms with van der Waals surface area (Å²) in [4.78, 5) is 37.1. The van der Waals surface area contributed by atoms with Gasteiger partial charge in [-0.3, -0.25) is 19.7 Å². The minimum absolute atomic E-state index is 0.102. The molecule has 148 valence electrons. The van der Waals surface area contributed by atoms with E-state index in [1.54, 1.807) is 31.2 Å². The van der Waals surface area contributed by atoms with Gasteiger partial charge in [-0.05, 0) is 24.6 Å². The normalized spacial score (nSPS) is 11.6. The maximum absolute atomic E-state index is 13.0. The summed E-state index contributed by atoms with van der Waals surface area (Å²) in [6.45, 7) is 1.69. The van der Waals surface area contributed by atoms with Crippen molar-refractivity contribution in [2.75, 3.05) is 7.05 Å². The Kier molecular flexibility index (Phi) is 7.37. The van der Waals surface area contributed by atoms with Crippen LogP contribution in [0.1, 0.15) is 18.1 Å². The summed E-state index contributed by atoms with van der Waals surface area (Å²) in [5, 5.41) is 14.4. The van der Waals surface area contributed by atoms with Crippen molar-refractivity contribution in [1.82, 2.24) is 10.2 Å². The highest BCUT2D eigenvalue weighted by Crippen LogP contribution is 2.24. The number of carbonyl (C=O) groups excluding carboxylic acids is 2. The van der Waals surface area contributed by atoms with Crippen LogP contribution in [0.5, 0.6) is 0 Å². The number of carbonyl (C=O) groups is 2. The Hall–Kier alpha value is -2.64. The van der Waals surface area contributed by atoms with E-state index in [0.29, 0.717) is 15.6 Å². The number of halogens is 2. The Bertz CT molecular complexity index is 904. The van der Waals surface area contributed by atoms with Gasteiger partial charge < -0.3 is 10.2 Å². The number of nitro groups is 1. The molecule has 0 aliphatic carbocycles. The fourth-order valence-corrected chi connectivity index (χ4v) is 3.05. The van der Waals surface area contributed by atoms with Gasteiger partial charge in [0.15, 0.2) is 0 Å². The maximum atomic E-state index is 13.0. The maximum Gasteiger partial charge on any atom is 0.273 e. The molecule has 1 N–H and O–H groups in total. The molecule has 0 heterocycles. The Balaban J connectivity index is 2.33. The van der Waals surface area contributed by atoms with E-state index in [9.17, 15) is 19.7 Å². The molecule has 0 aliphatic heterocycles. The number of amides is 2. The second kappa shape index (κ2) is 9.52. The Morgan fingerprint density at radius 3 is 2.46 bits per heavy atom. The Morgan fingerprint density at radius 1 is 1.18 bits per heavy atom. The Labute approximate surface area is 172 Å². The van der Waals surface area contributed by atoms with Gasteiger partial charge in [0.05, 0.1) is 21.4 Å². The fourth-order valence-electron chi connectivity index (χ4n) is 2.73. The minimum Gasteiger partial charge on any atom is -0.357 e. The van der Waals surface area contributed by atoms with Crippen molar-refractivity contribution < 1.29 is 14.5 Å².